The summed E-state index contributed by atoms with van der Waals surface area (Å²) in [6.07, 6.45) is 9.28. The Morgan fingerprint density at radius 1 is 0.554 bits per heavy atom. The number of unbranched alkanes of at least 4 members (excludes halogenated alkanes) is 20. The highest BCUT2D eigenvalue weighted by Gasteiger charge is 2.54. The fraction of sp³-hybridized carbons (Fsp3) is 0.946. The van der Waals surface area contributed by atoms with E-state index in [2.05, 4.69) is 24.1 Å². The molecule has 1 aliphatic rings. The summed E-state index contributed by atoms with van der Waals surface area (Å²) in [6.45, 7) is 0.876. The molecule has 1 fully saturated rings. The van der Waals surface area contributed by atoms with Crippen LogP contribution in [0.15, 0.2) is 0 Å². The third kappa shape index (κ3) is 25.8. The molecule has 1 aliphatic carbocycles. The Balaban J connectivity index is 2.65. The van der Waals surface area contributed by atoms with Crippen LogP contribution in [0.4, 0.5) is 0 Å². The van der Waals surface area contributed by atoms with Gasteiger partial charge in [0.2, 0.25) is 0 Å². The Labute approximate surface area is 339 Å². The molecule has 0 spiro atoms. The molecule has 0 amide bonds. The van der Waals surface area contributed by atoms with E-state index >= 15 is 0 Å². The monoisotopic (exact) mass is 866 g/mol. The number of carbonyl (C=O) groups excluding carboxylic acids is 2. The predicted molar refractivity (Wildman–Crippen MR) is 213 cm³/mol. The van der Waals surface area contributed by atoms with E-state index in [1.165, 1.54) is 70.6 Å². The predicted octanol–water partition coefficient (Wildman–Crippen LogP) is 6.19. The van der Waals surface area contributed by atoms with Crippen LogP contribution in [0.1, 0.15) is 161 Å². The van der Waals surface area contributed by atoms with Crippen LogP contribution in [0.25, 0.3) is 0 Å². The third-order valence-corrected chi connectivity index (χ3v) is 11.6. The van der Waals surface area contributed by atoms with Gasteiger partial charge in [-0.25, -0.2) is 9.13 Å². The van der Waals surface area contributed by atoms with Crippen LogP contribution in [0.3, 0.4) is 0 Å². The summed E-state index contributed by atoms with van der Waals surface area (Å²) in [4.78, 5) is 53.9. The van der Waals surface area contributed by atoms with Gasteiger partial charge >= 0.3 is 27.6 Å². The minimum Gasteiger partial charge on any atom is -0.462 e. The zero-order valence-corrected chi connectivity index (χ0v) is 36.0. The molecule has 0 aromatic carbocycles. The van der Waals surface area contributed by atoms with Crippen molar-refractivity contribution in [3.63, 3.8) is 0 Å². The molecule has 1 saturated carbocycles. The number of phosphoric ester groups is 2. The number of hydrogen-bond donors (Lipinski definition) is 8. The molecular weight excluding hydrogens is 794 g/mol. The molecule has 4 unspecified atom stereocenters. The van der Waals surface area contributed by atoms with E-state index in [-0.39, 0.29) is 12.8 Å². The molecule has 7 N–H and O–H groups in total. The first-order valence-corrected chi connectivity index (χ1v) is 24.4. The normalized spacial score (nSPS) is 23.1. The molecule has 0 radical (unpaired) electrons. The second-order valence-corrected chi connectivity index (χ2v) is 17.8. The summed E-state index contributed by atoms with van der Waals surface area (Å²) in [5, 5.41) is 41.0. The maximum Gasteiger partial charge on any atom is 0.472 e. The van der Waals surface area contributed by atoms with Crippen LogP contribution >= 0.6 is 28.3 Å². The molecule has 0 bridgehead atoms. The quantitative estimate of drug-likeness (QED) is 0.0153. The highest BCUT2D eigenvalue weighted by atomic mass is 32.1. The van der Waals surface area contributed by atoms with Crippen molar-refractivity contribution in [2.45, 2.75) is 204 Å². The van der Waals surface area contributed by atoms with Gasteiger partial charge in [-0.2, -0.15) is 12.6 Å². The van der Waals surface area contributed by atoms with Crippen LogP contribution in [-0.4, -0.2) is 109 Å². The van der Waals surface area contributed by atoms with Gasteiger partial charge in [0.05, 0.1) is 6.61 Å². The van der Waals surface area contributed by atoms with Gasteiger partial charge in [0.1, 0.15) is 43.2 Å². The van der Waals surface area contributed by atoms with Crippen LogP contribution in [0.5, 0.6) is 0 Å². The molecule has 19 heteroatoms. The Morgan fingerprint density at radius 2 is 0.964 bits per heavy atom. The highest BCUT2D eigenvalue weighted by Crippen LogP contribution is 2.49. The molecule has 0 aliphatic heterocycles. The van der Waals surface area contributed by atoms with Crippen molar-refractivity contribution in [3.05, 3.63) is 0 Å². The third-order valence-electron chi connectivity index (χ3n) is 9.74. The average molecular weight is 867 g/mol. The maximum absolute atomic E-state index is 12.9. The smallest absolute Gasteiger partial charge is 0.462 e. The van der Waals surface area contributed by atoms with Gasteiger partial charge in [-0.3, -0.25) is 23.2 Å². The van der Waals surface area contributed by atoms with E-state index in [0.717, 1.165) is 63.5 Å². The lowest BCUT2D eigenvalue weighted by Crippen LogP contribution is -2.64. The Kier molecular flexibility index (Phi) is 29.8. The molecule has 332 valence electrons. The van der Waals surface area contributed by atoms with E-state index in [1.807, 2.05) is 0 Å². The fourth-order valence-corrected chi connectivity index (χ4v) is 8.24. The lowest BCUT2D eigenvalue weighted by Gasteiger charge is -2.43. The van der Waals surface area contributed by atoms with E-state index < -0.39 is 83.5 Å². The van der Waals surface area contributed by atoms with Crippen molar-refractivity contribution in [2.75, 3.05) is 19.0 Å². The van der Waals surface area contributed by atoms with E-state index in [9.17, 15) is 44.0 Å². The van der Waals surface area contributed by atoms with Gasteiger partial charge in [-0.15, -0.1) is 0 Å². The van der Waals surface area contributed by atoms with Crippen LogP contribution in [0, 0.1) is 0 Å². The molecule has 56 heavy (non-hydrogen) atoms. The van der Waals surface area contributed by atoms with Crippen molar-refractivity contribution in [2.24, 2.45) is 0 Å². The number of rotatable bonds is 35. The standard InChI is InChI=1S/C37H72O16P2S/c1-2-3-4-5-6-7-8-9-10-12-16-19-22-25-31(39)51-29(27-49-30(38)24-21-18-15-13-11-14-17-20-23-26-56)28-50-55(47,48)53-37-34(42)32(40)33(41)36(35(37)43)52-54(44,45)46/h29,32-37,40-43,56H,2-28H2,1H3,(H,47,48)(H2,44,45,46)/t29-,32-,33?,34?,35+,36+,37?/m1/s1. The fourth-order valence-electron chi connectivity index (χ4n) is 6.48. The Morgan fingerprint density at radius 3 is 1.41 bits per heavy atom. The summed E-state index contributed by atoms with van der Waals surface area (Å²) in [6, 6.07) is 0. The number of aliphatic hydroxyl groups is 4. The minimum absolute atomic E-state index is 0.0479. The lowest BCUT2D eigenvalue weighted by molar-refractivity contribution is -0.216. The maximum atomic E-state index is 12.9. The summed E-state index contributed by atoms with van der Waals surface area (Å²) >= 11 is 4.22. The van der Waals surface area contributed by atoms with E-state index in [4.69, 9.17) is 28.3 Å². The second-order valence-electron chi connectivity index (χ2n) is 14.8. The Hall–Kier alpha value is -0.650. The van der Waals surface area contributed by atoms with Gasteiger partial charge in [0.25, 0.3) is 0 Å². The summed E-state index contributed by atoms with van der Waals surface area (Å²) in [5.41, 5.74) is 0. The van der Waals surface area contributed by atoms with E-state index in [0.29, 0.717) is 12.8 Å². The number of phosphoric acid groups is 2. The van der Waals surface area contributed by atoms with Gasteiger partial charge in [-0.1, -0.05) is 129 Å². The van der Waals surface area contributed by atoms with Gasteiger partial charge in [-0.05, 0) is 25.0 Å². The van der Waals surface area contributed by atoms with Crippen molar-refractivity contribution in [1.29, 1.82) is 0 Å². The van der Waals surface area contributed by atoms with Crippen LogP contribution < -0.4 is 0 Å². The minimum atomic E-state index is -5.35. The first-order valence-electron chi connectivity index (χ1n) is 20.7. The number of thiol groups is 1. The number of aliphatic hydroxyl groups excluding tert-OH is 4. The van der Waals surface area contributed by atoms with Crippen LogP contribution in [0.2, 0.25) is 0 Å². The van der Waals surface area contributed by atoms with E-state index in [1.54, 1.807) is 0 Å². The molecule has 1 rings (SSSR count). The van der Waals surface area contributed by atoms with Gasteiger partial charge in [0, 0.05) is 12.8 Å². The highest BCUT2D eigenvalue weighted by molar-refractivity contribution is 7.80. The molecule has 0 aromatic rings. The number of ether oxygens (including phenoxy) is 2. The molecule has 0 aromatic heterocycles. The molecule has 16 nitrogen and oxygen atoms in total. The summed E-state index contributed by atoms with van der Waals surface area (Å²) in [7, 11) is -10.6. The van der Waals surface area contributed by atoms with Crippen molar-refractivity contribution < 1.29 is 76.9 Å². The van der Waals surface area contributed by atoms with Crippen molar-refractivity contribution in [3.8, 4) is 0 Å². The molecule has 8 atom stereocenters. The number of hydrogen-bond acceptors (Lipinski definition) is 14. The largest absolute Gasteiger partial charge is 0.472 e. The van der Waals surface area contributed by atoms with Crippen LogP contribution in [-0.2, 0) is 41.8 Å². The Bertz CT molecular complexity index is 1130. The molecule has 0 saturated heterocycles. The zero-order valence-electron chi connectivity index (χ0n) is 33.3. The van der Waals surface area contributed by atoms with Gasteiger partial charge < -0.3 is 44.6 Å². The lowest BCUT2D eigenvalue weighted by atomic mass is 9.85. The topological polar surface area (TPSA) is 256 Å². The average Bonchev–Trinajstić information content (AvgIpc) is 3.14. The number of esters is 2. The zero-order chi connectivity index (χ0) is 41.8. The molecule has 0 heterocycles. The SMILES string of the molecule is CCCCCCCCCCCCCCCC(=O)O[C@H](COC(=O)CCCCCCCCCCCS)COP(=O)(O)OC1C(O)[C@H](O)C(O)[C@H](OP(=O)(O)O)[C@@H]1O. The first-order chi connectivity index (χ1) is 26.6. The van der Waals surface area contributed by atoms with Gasteiger partial charge in [0.15, 0.2) is 6.10 Å². The first kappa shape index (κ1) is 53.4. The van der Waals surface area contributed by atoms with Crippen molar-refractivity contribution >= 4 is 40.2 Å². The molecular formula is C37H72O16P2S. The second kappa shape index (κ2) is 31.3. The number of carbonyl (C=O) groups is 2. The summed E-state index contributed by atoms with van der Waals surface area (Å²) < 4.78 is 49.1. The summed E-state index contributed by atoms with van der Waals surface area (Å²) in [5.74, 6) is -0.307. The van der Waals surface area contributed by atoms with Crippen molar-refractivity contribution in [1.82, 2.24) is 0 Å².